The number of alkyl halides is 1. The van der Waals surface area contributed by atoms with Crippen molar-refractivity contribution in [1.82, 2.24) is 9.78 Å². The summed E-state index contributed by atoms with van der Waals surface area (Å²) in [5, 5.41) is 4.37. The smallest absolute Gasteiger partial charge is 0.0596 e. The van der Waals surface area contributed by atoms with E-state index in [9.17, 15) is 0 Å². The van der Waals surface area contributed by atoms with Crippen molar-refractivity contribution < 1.29 is 4.74 Å². The highest BCUT2D eigenvalue weighted by Crippen LogP contribution is 2.33. The minimum absolute atomic E-state index is 0.111. The van der Waals surface area contributed by atoms with E-state index in [4.69, 9.17) is 16.3 Å². The number of hydrogen-bond acceptors (Lipinski definition) is 2. The summed E-state index contributed by atoms with van der Waals surface area (Å²) in [6, 6.07) is 2.14. The number of rotatable bonds is 3. The molecule has 1 aliphatic heterocycles. The lowest BCUT2D eigenvalue weighted by Gasteiger charge is -2.35. The second kappa shape index (κ2) is 4.76. The van der Waals surface area contributed by atoms with Crippen molar-refractivity contribution in [3.63, 3.8) is 0 Å². The predicted octanol–water partition coefficient (Wildman–Crippen LogP) is 2.31. The zero-order valence-corrected chi connectivity index (χ0v) is 10.8. The van der Waals surface area contributed by atoms with E-state index >= 15 is 0 Å². The van der Waals surface area contributed by atoms with Crippen molar-refractivity contribution in [3.8, 4) is 0 Å². The van der Waals surface area contributed by atoms with Crippen LogP contribution in [0.25, 0.3) is 0 Å². The van der Waals surface area contributed by atoms with E-state index in [1.807, 2.05) is 18.7 Å². The van der Waals surface area contributed by atoms with Gasteiger partial charge in [-0.25, -0.2) is 0 Å². The molecular formula is C12H19ClN2O. The highest BCUT2D eigenvalue weighted by Gasteiger charge is 2.33. The summed E-state index contributed by atoms with van der Waals surface area (Å²) >= 11 is 6.14. The molecule has 0 bridgehead atoms. The molecule has 4 heteroatoms. The highest BCUT2D eigenvalue weighted by atomic mass is 35.5. The molecule has 3 nitrogen and oxygen atoms in total. The van der Waals surface area contributed by atoms with Crippen molar-refractivity contribution in [1.29, 1.82) is 0 Å². The molecule has 0 aromatic carbocycles. The Balaban J connectivity index is 2.14. The average molecular weight is 243 g/mol. The summed E-state index contributed by atoms with van der Waals surface area (Å²) < 4.78 is 7.54. The molecule has 0 aliphatic carbocycles. The van der Waals surface area contributed by atoms with Crippen LogP contribution < -0.4 is 0 Å². The quantitative estimate of drug-likeness (QED) is 0.761. The van der Waals surface area contributed by atoms with Crippen molar-refractivity contribution in [2.45, 2.75) is 26.2 Å². The Morgan fingerprint density at radius 2 is 2.44 bits per heavy atom. The fraction of sp³-hybridized carbons (Fsp3) is 0.750. The number of aromatic nitrogens is 2. The number of hydrogen-bond donors (Lipinski definition) is 0. The molecule has 1 aromatic rings. The highest BCUT2D eigenvalue weighted by molar-refractivity contribution is 6.18. The molecule has 1 saturated heterocycles. The zero-order chi connectivity index (χ0) is 11.6. The van der Waals surface area contributed by atoms with Gasteiger partial charge in [-0.1, -0.05) is 0 Å². The second-order valence-electron chi connectivity index (χ2n) is 4.87. The minimum Gasteiger partial charge on any atom is -0.381 e. The Hall–Kier alpha value is -0.540. The molecule has 0 N–H and O–H groups in total. The molecule has 0 amide bonds. The minimum atomic E-state index is 0.111. The summed E-state index contributed by atoms with van der Waals surface area (Å²) in [5.74, 6) is 0.664. The molecule has 16 heavy (non-hydrogen) atoms. The third kappa shape index (κ3) is 2.41. The number of halogens is 1. The maximum absolute atomic E-state index is 6.14. The summed E-state index contributed by atoms with van der Waals surface area (Å²) in [6.45, 7) is 3.68. The summed E-state index contributed by atoms with van der Waals surface area (Å²) in [4.78, 5) is 0. The fourth-order valence-corrected chi connectivity index (χ4v) is 2.72. The Labute approximate surface area is 102 Å². The van der Waals surface area contributed by atoms with E-state index in [0.717, 1.165) is 38.2 Å². The van der Waals surface area contributed by atoms with E-state index in [1.54, 1.807) is 0 Å². The molecule has 0 radical (unpaired) electrons. The normalized spacial score (nSPS) is 25.9. The lowest BCUT2D eigenvalue weighted by atomic mass is 9.80. The zero-order valence-electron chi connectivity index (χ0n) is 10.0. The van der Waals surface area contributed by atoms with E-state index in [-0.39, 0.29) is 5.41 Å². The van der Waals surface area contributed by atoms with Gasteiger partial charge in [-0.15, -0.1) is 11.6 Å². The first-order valence-corrected chi connectivity index (χ1v) is 6.32. The van der Waals surface area contributed by atoms with Crippen LogP contribution in [0.4, 0.5) is 0 Å². The van der Waals surface area contributed by atoms with E-state index in [2.05, 4.69) is 11.2 Å². The SMILES string of the molecule is Cc1cc(CC2(CCl)CCCOC2)n(C)n1. The van der Waals surface area contributed by atoms with Crippen LogP contribution in [0.1, 0.15) is 24.2 Å². The molecule has 90 valence electrons. The van der Waals surface area contributed by atoms with Crippen LogP contribution in [0.5, 0.6) is 0 Å². The van der Waals surface area contributed by atoms with Gasteiger partial charge in [0.2, 0.25) is 0 Å². The molecular weight excluding hydrogens is 224 g/mol. The molecule has 1 fully saturated rings. The van der Waals surface area contributed by atoms with Gasteiger partial charge < -0.3 is 4.74 Å². The van der Waals surface area contributed by atoms with Gasteiger partial charge in [0.05, 0.1) is 12.3 Å². The van der Waals surface area contributed by atoms with Crippen LogP contribution in [0.2, 0.25) is 0 Å². The standard InChI is InChI=1S/C12H19ClN2O/c1-10-6-11(15(2)14-10)7-12(8-13)4-3-5-16-9-12/h6H,3-5,7-9H2,1-2H3. The van der Waals surface area contributed by atoms with Crippen molar-refractivity contribution in [2.24, 2.45) is 12.5 Å². The Morgan fingerprint density at radius 1 is 1.62 bits per heavy atom. The van der Waals surface area contributed by atoms with E-state index in [1.165, 1.54) is 5.69 Å². The summed E-state index contributed by atoms with van der Waals surface area (Å²) in [6.07, 6.45) is 3.23. The Morgan fingerprint density at radius 3 is 2.94 bits per heavy atom. The lowest BCUT2D eigenvalue weighted by Crippen LogP contribution is -2.36. The molecule has 2 heterocycles. The van der Waals surface area contributed by atoms with Crippen LogP contribution in [0, 0.1) is 12.3 Å². The average Bonchev–Trinajstić information content (AvgIpc) is 2.59. The first kappa shape index (κ1) is 11.9. The number of ether oxygens (including phenoxy) is 1. The number of aryl methyl sites for hydroxylation is 2. The topological polar surface area (TPSA) is 27.1 Å². The van der Waals surface area contributed by atoms with Crippen LogP contribution in [-0.4, -0.2) is 28.9 Å². The van der Waals surface area contributed by atoms with Gasteiger partial charge in [-0.3, -0.25) is 4.68 Å². The molecule has 1 aromatic heterocycles. The molecule has 2 rings (SSSR count). The van der Waals surface area contributed by atoms with Crippen LogP contribution in [-0.2, 0) is 18.2 Å². The van der Waals surface area contributed by atoms with Gasteiger partial charge in [0.1, 0.15) is 0 Å². The monoisotopic (exact) mass is 242 g/mol. The Bertz CT molecular complexity index is 356. The molecule has 0 saturated carbocycles. The summed E-state index contributed by atoms with van der Waals surface area (Å²) in [5.41, 5.74) is 2.43. The largest absolute Gasteiger partial charge is 0.381 e. The second-order valence-corrected chi connectivity index (χ2v) is 5.13. The van der Waals surface area contributed by atoms with Gasteiger partial charge in [0, 0.05) is 30.6 Å². The number of nitrogens with zero attached hydrogens (tertiary/aromatic N) is 2. The predicted molar refractivity (Wildman–Crippen MR) is 64.9 cm³/mol. The van der Waals surface area contributed by atoms with Gasteiger partial charge >= 0.3 is 0 Å². The van der Waals surface area contributed by atoms with E-state index < -0.39 is 0 Å². The van der Waals surface area contributed by atoms with Crippen LogP contribution in [0.3, 0.4) is 0 Å². The molecule has 1 unspecified atom stereocenters. The van der Waals surface area contributed by atoms with Crippen molar-refractivity contribution in [2.75, 3.05) is 19.1 Å². The maximum atomic E-state index is 6.14. The Kier molecular flexibility index (Phi) is 3.55. The van der Waals surface area contributed by atoms with Crippen LogP contribution >= 0.6 is 11.6 Å². The first-order chi connectivity index (χ1) is 7.65. The van der Waals surface area contributed by atoms with Gasteiger partial charge in [-0.05, 0) is 32.3 Å². The van der Waals surface area contributed by atoms with E-state index in [0.29, 0.717) is 5.88 Å². The van der Waals surface area contributed by atoms with Crippen molar-refractivity contribution in [3.05, 3.63) is 17.5 Å². The lowest BCUT2D eigenvalue weighted by molar-refractivity contribution is 0.00390. The third-order valence-corrected chi connectivity index (χ3v) is 3.91. The molecule has 1 aliphatic rings. The fourth-order valence-electron chi connectivity index (χ4n) is 2.42. The van der Waals surface area contributed by atoms with Crippen molar-refractivity contribution >= 4 is 11.6 Å². The van der Waals surface area contributed by atoms with Crippen LogP contribution in [0.15, 0.2) is 6.07 Å². The van der Waals surface area contributed by atoms with Gasteiger partial charge in [0.15, 0.2) is 0 Å². The maximum Gasteiger partial charge on any atom is 0.0596 e. The summed E-state index contributed by atoms with van der Waals surface area (Å²) in [7, 11) is 1.99. The first-order valence-electron chi connectivity index (χ1n) is 5.78. The third-order valence-electron chi connectivity index (χ3n) is 3.34. The molecule has 1 atom stereocenters. The molecule has 0 spiro atoms. The van der Waals surface area contributed by atoms with Gasteiger partial charge in [-0.2, -0.15) is 5.10 Å². The van der Waals surface area contributed by atoms with Gasteiger partial charge in [0.25, 0.3) is 0 Å².